The molecule has 106 valence electrons. The highest BCUT2D eigenvalue weighted by molar-refractivity contribution is 9.10. The van der Waals surface area contributed by atoms with Crippen molar-refractivity contribution in [1.82, 2.24) is 9.13 Å². The molecule has 1 aromatic carbocycles. The second kappa shape index (κ2) is 6.09. The minimum atomic E-state index is -0.226. The number of aromatic nitrogens is 2. The molecule has 0 saturated carbocycles. The van der Waals surface area contributed by atoms with Gasteiger partial charge in [0.1, 0.15) is 6.54 Å². The maximum atomic E-state index is 12.0. The summed E-state index contributed by atoms with van der Waals surface area (Å²) >= 11 is 3.33. The van der Waals surface area contributed by atoms with Gasteiger partial charge in [0.15, 0.2) is 0 Å². The fourth-order valence-corrected chi connectivity index (χ4v) is 2.09. The summed E-state index contributed by atoms with van der Waals surface area (Å²) in [5.41, 5.74) is 0.528. The van der Waals surface area contributed by atoms with Crippen molar-refractivity contribution < 1.29 is 4.79 Å². The molecule has 1 N–H and O–H groups in total. The first-order valence-corrected chi connectivity index (χ1v) is 7.09. The van der Waals surface area contributed by atoms with E-state index < -0.39 is 0 Å². The van der Waals surface area contributed by atoms with Gasteiger partial charge in [0, 0.05) is 28.6 Å². The molecule has 0 atom stereocenters. The molecule has 0 aliphatic carbocycles. The molecular weight excluding hydrogens is 322 g/mol. The summed E-state index contributed by atoms with van der Waals surface area (Å²) in [7, 11) is 0. The highest BCUT2D eigenvalue weighted by Gasteiger charge is 2.09. The molecule has 1 heterocycles. The number of hydrogen-bond donors (Lipinski definition) is 1. The molecule has 2 aromatic rings. The van der Waals surface area contributed by atoms with Gasteiger partial charge in [-0.1, -0.05) is 15.9 Å². The zero-order chi connectivity index (χ0) is 14.7. The average Bonchev–Trinajstić information content (AvgIpc) is 2.74. The van der Waals surface area contributed by atoms with Crippen LogP contribution in [0.1, 0.15) is 19.9 Å². The molecule has 2 rings (SSSR count). The number of nitrogens with one attached hydrogen (secondary N) is 1. The van der Waals surface area contributed by atoms with Gasteiger partial charge in [-0.2, -0.15) is 0 Å². The second-order valence-corrected chi connectivity index (χ2v) is 5.68. The average molecular weight is 338 g/mol. The van der Waals surface area contributed by atoms with Crippen molar-refractivity contribution in [1.29, 1.82) is 0 Å². The van der Waals surface area contributed by atoms with Crippen LogP contribution in [0, 0.1) is 0 Å². The lowest BCUT2D eigenvalue weighted by molar-refractivity contribution is -0.116. The van der Waals surface area contributed by atoms with Gasteiger partial charge in [0.05, 0.1) is 0 Å². The molecule has 0 radical (unpaired) electrons. The Bertz CT molecular complexity index is 656. The number of halogens is 1. The minimum Gasteiger partial charge on any atom is -0.325 e. The number of rotatable bonds is 4. The molecule has 0 saturated heterocycles. The standard InChI is InChI=1S/C14H16BrN3O2/c1-10(2)18-8-7-17(14(18)20)9-13(19)16-12-5-3-11(15)4-6-12/h3-8,10H,9H2,1-2H3,(H,16,19). The molecule has 0 bridgehead atoms. The molecule has 0 aliphatic heterocycles. The van der Waals surface area contributed by atoms with Gasteiger partial charge in [-0.3, -0.25) is 13.9 Å². The molecule has 1 amide bonds. The Labute approximate surface area is 125 Å². The maximum Gasteiger partial charge on any atom is 0.328 e. The van der Waals surface area contributed by atoms with Crippen LogP contribution in [0.4, 0.5) is 5.69 Å². The van der Waals surface area contributed by atoms with E-state index in [0.29, 0.717) is 5.69 Å². The third-order valence-corrected chi connectivity index (χ3v) is 3.40. The van der Waals surface area contributed by atoms with Gasteiger partial charge in [0.2, 0.25) is 5.91 Å². The smallest absolute Gasteiger partial charge is 0.325 e. The Morgan fingerprint density at radius 3 is 2.45 bits per heavy atom. The van der Waals surface area contributed by atoms with E-state index in [-0.39, 0.29) is 24.2 Å². The first-order chi connectivity index (χ1) is 9.47. The number of carbonyl (C=O) groups is 1. The molecular formula is C14H16BrN3O2. The van der Waals surface area contributed by atoms with Crippen LogP contribution in [0.5, 0.6) is 0 Å². The second-order valence-electron chi connectivity index (χ2n) is 4.76. The van der Waals surface area contributed by atoms with Crippen molar-refractivity contribution >= 4 is 27.5 Å². The highest BCUT2D eigenvalue weighted by Crippen LogP contribution is 2.14. The van der Waals surface area contributed by atoms with Crippen LogP contribution >= 0.6 is 15.9 Å². The fraction of sp³-hybridized carbons (Fsp3) is 0.286. The Hall–Kier alpha value is -1.82. The SMILES string of the molecule is CC(C)n1ccn(CC(=O)Nc2ccc(Br)cc2)c1=O. The number of nitrogens with zero attached hydrogens (tertiary/aromatic N) is 2. The minimum absolute atomic E-state index is 0.00855. The quantitative estimate of drug-likeness (QED) is 0.932. The lowest BCUT2D eigenvalue weighted by Gasteiger charge is -2.06. The van der Waals surface area contributed by atoms with Crippen LogP contribution < -0.4 is 11.0 Å². The number of carbonyl (C=O) groups excluding carboxylic acids is 1. The van der Waals surface area contributed by atoms with Crippen molar-refractivity contribution in [2.24, 2.45) is 0 Å². The summed E-state index contributed by atoms with van der Waals surface area (Å²) in [4.78, 5) is 23.9. The first kappa shape index (κ1) is 14.6. The fourth-order valence-electron chi connectivity index (χ4n) is 1.83. The number of anilines is 1. The first-order valence-electron chi connectivity index (χ1n) is 6.30. The predicted octanol–water partition coefficient (Wildman–Crippen LogP) is 2.63. The van der Waals surface area contributed by atoms with Crippen LogP contribution in [-0.4, -0.2) is 15.0 Å². The maximum absolute atomic E-state index is 12.0. The van der Waals surface area contributed by atoms with E-state index in [0.717, 1.165) is 4.47 Å². The summed E-state index contributed by atoms with van der Waals surface area (Å²) in [6.45, 7) is 3.86. The number of amides is 1. The molecule has 5 nitrogen and oxygen atoms in total. The van der Waals surface area contributed by atoms with Crippen LogP contribution in [0.25, 0.3) is 0 Å². The van der Waals surface area contributed by atoms with E-state index in [9.17, 15) is 9.59 Å². The summed E-state index contributed by atoms with van der Waals surface area (Å²) in [5.74, 6) is -0.226. The van der Waals surface area contributed by atoms with Crippen molar-refractivity contribution in [3.8, 4) is 0 Å². The Morgan fingerprint density at radius 2 is 1.90 bits per heavy atom. The van der Waals surface area contributed by atoms with Crippen LogP contribution in [0.15, 0.2) is 45.9 Å². The Morgan fingerprint density at radius 1 is 1.25 bits per heavy atom. The third-order valence-electron chi connectivity index (χ3n) is 2.87. The van der Waals surface area contributed by atoms with Crippen LogP contribution in [-0.2, 0) is 11.3 Å². The number of hydrogen-bond acceptors (Lipinski definition) is 2. The lowest BCUT2D eigenvalue weighted by atomic mass is 10.3. The van der Waals surface area contributed by atoms with Crippen molar-refractivity contribution in [2.45, 2.75) is 26.4 Å². The predicted molar refractivity (Wildman–Crippen MR) is 81.8 cm³/mol. The number of benzene rings is 1. The van der Waals surface area contributed by atoms with Crippen molar-refractivity contribution in [2.75, 3.05) is 5.32 Å². The summed E-state index contributed by atoms with van der Waals surface area (Å²) < 4.78 is 3.93. The Balaban J connectivity index is 2.05. The number of imidazole rings is 1. The Kier molecular flexibility index (Phi) is 4.44. The molecule has 0 fully saturated rings. The van der Waals surface area contributed by atoms with Gasteiger partial charge in [-0.05, 0) is 38.1 Å². The summed E-state index contributed by atoms with van der Waals surface area (Å²) in [6, 6.07) is 7.36. The van der Waals surface area contributed by atoms with E-state index in [1.165, 1.54) is 4.57 Å². The van der Waals surface area contributed by atoms with Crippen molar-refractivity contribution in [3.05, 3.63) is 51.6 Å². The molecule has 0 unspecified atom stereocenters. The molecule has 6 heteroatoms. The van der Waals surface area contributed by atoms with Gasteiger partial charge in [-0.25, -0.2) is 4.79 Å². The molecule has 0 aliphatic rings. The van der Waals surface area contributed by atoms with Crippen molar-refractivity contribution in [3.63, 3.8) is 0 Å². The molecule has 1 aromatic heterocycles. The topological polar surface area (TPSA) is 56.0 Å². The van der Waals surface area contributed by atoms with E-state index >= 15 is 0 Å². The summed E-state index contributed by atoms with van der Waals surface area (Å²) in [5, 5.41) is 2.75. The monoisotopic (exact) mass is 337 g/mol. The van der Waals surface area contributed by atoms with Gasteiger partial charge < -0.3 is 5.32 Å². The molecule has 0 spiro atoms. The normalized spacial score (nSPS) is 10.8. The van der Waals surface area contributed by atoms with Gasteiger partial charge in [0.25, 0.3) is 0 Å². The van der Waals surface area contributed by atoms with E-state index in [1.807, 2.05) is 26.0 Å². The van der Waals surface area contributed by atoms with E-state index in [1.54, 1.807) is 29.1 Å². The van der Waals surface area contributed by atoms with Crippen LogP contribution in [0.3, 0.4) is 0 Å². The van der Waals surface area contributed by atoms with E-state index in [4.69, 9.17) is 0 Å². The lowest BCUT2D eigenvalue weighted by Crippen LogP contribution is -2.29. The highest BCUT2D eigenvalue weighted by atomic mass is 79.9. The van der Waals surface area contributed by atoms with E-state index in [2.05, 4.69) is 21.2 Å². The third kappa shape index (κ3) is 3.39. The zero-order valence-electron chi connectivity index (χ0n) is 11.3. The van der Waals surface area contributed by atoms with Gasteiger partial charge >= 0.3 is 5.69 Å². The summed E-state index contributed by atoms with van der Waals surface area (Å²) in [6.07, 6.45) is 3.32. The van der Waals surface area contributed by atoms with Crippen LogP contribution in [0.2, 0.25) is 0 Å². The molecule has 20 heavy (non-hydrogen) atoms. The van der Waals surface area contributed by atoms with Gasteiger partial charge in [-0.15, -0.1) is 0 Å². The zero-order valence-corrected chi connectivity index (χ0v) is 12.9. The largest absolute Gasteiger partial charge is 0.328 e.